The van der Waals surface area contributed by atoms with Gasteiger partial charge in [0, 0.05) is 11.8 Å². The number of ether oxygens (including phenoxy) is 2. The molecule has 37 heavy (non-hydrogen) atoms. The van der Waals surface area contributed by atoms with E-state index in [4.69, 9.17) is 9.47 Å². The van der Waals surface area contributed by atoms with Gasteiger partial charge in [-0.25, -0.2) is 0 Å². The van der Waals surface area contributed by atoms with Crippen molar-refractivity contribution in [2.75, 3.05) is 6.61 Å². The van der Waals surface area contributed by atoms with Gasteiger partial charge < -0.3 is 45.2 Å². The molecule has 0 radical (unpaired) electrons. The highest BCUT2D eigenvalue weighted by Crippen LogP contribution is 2.72. The molecule has 1 spiro atoms. The van der Waals surface area contributed by atoms with Gasteiger partial charge in [0.05, 0.1) is 18.8 Å². The second-order valence-electron chi connectivity index (χ2n) is 12.3. The summed E-state index contributed by atoms with van der Waals surface area (Å²) in [6, 6.07) is 0. The van der Waals surface area contributed by atoms with Gasteiger partial charge in [-0.1, -0.05) is 13.5 Å². The molecule has 11 nitrogen and oxygen atoms in total. The number of carboxylic acid groups (broad SMARTS) is 2. The zero-order chi connectivity index (χ0) is 27.1. The van der Waals surface area contributed by atoms with Crippen LogP contribution in [0.3, 0.4) is 0 Å². The van der Waals surface area contributed by atoms with E-state index in [0.717, 1.165) is 18.4 Å². The average Bonchev–Trinajstić information content (AvgIpc) is 3.02. The lowest BCUT2D eigenvalue weighted by Crippen LogP contribution is -2.66. The van der Waals surface area contributed by atoms with Crippen molar-refractivity contribution in [3.8, 4) is 0 Å². The Hall–Kier alpha value is -1.60. The molecule has 11 heteroatoms. The number of aliphatic hydroxyl groups is 5. The Bertz CT molecular complexity index is 952. The van der Waals surface area contributed by atoms with Gasteiger partial charge in [-0.3, -0.25) is 9.59 Å². The molecule has 5 rings (SSSR count). The molecule has 0 amide bonds. The van der Waals surface area contributed by atoms with E-state index in [1.807, 2.05) is 6.92 Å². The number of hydrogen-bond donors (Lipinski definition) is 7. The lowest BCUT2D eigenvalue weighted by atomic mass is 9.40. The topological polar surface area (TPSA) is 194 Å². The maximum Gasteiger partial charge on any atom is 0.321 e. The Kier molecular flexibility index (Phi) is 6.54. The van der Waals surface area contributed by atoms with Gasteiger partial charge in [0.15, 0.2) is 11.7 Å². The maximum atomic E-state index is 12.8. The highest BCUT2D eigenvalue weighted by molar-refractivity contribution is 5.99. The fourth-order valence-corrected chi connectivity index (χ4v) is 9.14. The number of carbonyl (C=O) groups is 2. The quantitative estimate of drug-likeness (QED) is 0.143. The minimum atomic E-state index is -2.16. The molecule has 5 fully saturated rings. The zero-order valence-corrected chi connectivity index (χ0v) is 20.9. The van der Waals surface area contributed by atoms with Gasteiger partial charge in [0.1, 0.15) is 24.4 Å². The third-order valence-corrected chi connectivity index (χ3v) is 10.8. The fraction of sp³-hybridized carbons (Fsp3) is 0.846. The van der Waals surface area contributed by atoms with E-state index in [0.29, 0.717) is 19.3 Å². The molecular weight excluding hydrogens is 488 g/mol. The average molecular weight is 527 g/mol. The Morgan fingerprint density at radius 1 is 0.973 bits per heavy atom. The molecule has 5 aliphatic rings. The monoisotopic (exact) mass is 526 g/mol. The molecule has 4 aliphatic carbocycles. The smallest absolute Gasteiger partial charge is 0.321 e. The SMILES string of the molecule is C=C1C2CCC3C4(C)CC(OC5OC(CO)C(O)C(O)C5O)CC(C(=O)O)(C(=O)O)C4CCC3(C2)C1O. The van der Waals surface area contributed by atoms with Crippen LogP contribution in [0.15, 0.2) is 12.2 Å². The summed E-state index contributed by atoms with van der Waals surface area (Å²) in [6.07, 6.45) is -6.42. The molecule has 0 aromatic heterocycles. The number of aliphatic hydroxyl groups excluding tert-OH is 5. The Morgan fingerprint density at radius 3 is 2.27 bits per heavy atom. The van der Waals surface area contributed by atoms with E-state index in [9.17, 15) is 45.3 Å². The standard InChI is InChI=1S/C26H38O11/c1-11-12-3-4-15-24(2)8-13(36-21-19(30)18(29)17(28)14(10-27)37-21)9-26(22(32)33,23(34)35)16(24)5-6-25(15,7-12)20(11)31/h12-21,27-31H,1,3-10H2,2H3,(H,32,33)(H,34,35). The zero-order valence-electron chi connectivity index (χ0n) is 20.9. The summed E-state index contributed by atoms with van der Waals surface area (Å²) in [5.74, 6) is -3.60. The van der Waals surface area contributed by atoms with Crippen molar-refractivity contribution < 1.29 is 54.8 Å². The highest BCUT2D eigenvalue weighted by Gasteiger charge is 2.72. The molecule has 7 N–H and O–H groups in total. The van der Waals surface area contributed by atoms with Crippen LogP contribution in [0.5, 0.6) is 0 Å². The molecule has 12 atom stereocenters. The van der Waals surface area contributed by atoms with Crippen molar-refractivity contribution in [2.24, 2.45) is 34.0 Å². The van der Waals surface area contributed by atoms with Gasteiger partial charge in [0.25, 0.3) is 0 Å². The largest absolute Gasteiger partial charge is 0.480 e. The highest BCUT2D eigenvalue weighted by atomic mass is 16.7. The minimum Gasteiger partial charge on any atom is -0.480 e. The van der Waals surface area contributed by atoms with Crippen LogP contribution in [-0.2, 0) is 19.1 Å². The van der Waals surface area contributed by atoms with Gasteiger partial charge >= 0.3 is 11.9 Å². The number of aliphatic carboxylic acids is 2. The first-order valence-corrected chi connectivity index (χ1v) is 13.1. The first kappa shape index (κ1) is 27.0. The lowest BCUT2D eigenvalue weighted by molar-refractivity contribution is -0.322. The van der Waals surface area contributed by atoms with Crippen molar-refractivity contribution in [1.29, 1.82) is 0 Å². The van der Waals surface area contributed by atoms with E-state index in [-0.39, 0.29) is 24.7 Å². The van der Waals surface area contributed by atoms with Crippen LogP contribution < -0.4 is 0 Å². The first-order valence-electron chi connectivity index (χ1n) is 13.1. The van der Waals surface area contributed by atoms with Crippen LogP contribution in [0.2, 0.25) is 0 Å². The summed E-state index contributed by atoms with van der Waals surface area (Å²) in [7, 11) is 0. The molecule has 1 heterocycles. The minimum absolute atomic E-state index is 0.163. The summed E-state index contributed by atoms with van der Waals surface area (Å²) in [6.45, 7) is 5.38. The fourth-order valence-electron chi connectivity index (χ4n) is 9.14. The van der Waals surface area contributed by atoms with Gasteiger partial charge in [-0.15, -0.1) is 0 Å². The van der Waals surface area contributed by atoms with Gasteiger partial charge in [0.2, 0.25) is 0 Å². The second kappa shape index (κ2) is 8.97. The Labute approximate surface area is 214 Å². The molecule has 0 aromatic rings. The third-order valence-electron chi connectivity index (χ3n) is 10.8. The van der Waals surface area contributed by atoms with E-state index in [2.05, 4.69) is 6.58 Å². The molecule has 0 aromatic carbocycles. The summed E-state index contributed by atoms with van der Waals surface area (Å²) < 4.78 is 11.5. The van der Waals surface area contributed by atoms with Crippen LogP contribution in [0.4, 0.5) is 0 Å². The van der Waals surface area contributed by atoms with Crippen LogP contribution in [0.25, 0.3) is 0 Å². The summed E-state index contributed by atoms with van der Waals surface area (Å²) in [5, 5.41) is 72.4. The Balaban J connectivity index is 1.53. The summed E-state index contributed by atoms with van der Waals surface area (Å²) in [4.78, 5) is 25.5. The lowest BCUT2D eigenvalue weighted by Gasteiger charge is -2.64. The molecule has 1 saturated heterocycles. The van der Waals surface area contributed by atoms with Gasteiger partial charge in [-0.2, -0.15) is 0 Å². The predicted molar refractivity (Wildman–Crippen MR) is 125 cm³/mol. The van der Waals surface area contributed by atoms with Crippen LogP contribution in [0, 0.1) is 34.0 Å². The summed E-state index contributed by atoms with van der Waals surface area (Å²) >= 11 is 0. The summed E-state index contributed by atoms with van der Waals surface area (Å²) in [5.41, 5.74) is -2.69. The molecule has 2 bridgehead atoms. The van der Waals surface area contributed by atoms with Crippen molar-refractivity contribution in [3.05, 3.63) is 12.2 Å². The normalized spacial score (nSPS) is 50.7. The molecule has 208 valence electrons. The van der Waals surface area contributed by atoms with Crippen molar-refractivity contribution >= 4 is 11.9 Å². The predicted octanol–water partition coefficient (Wildman–Crippen LogP) is -0.129. The second-order valence-corrected chi connectivity index (χ2v) is 12.3. The van der Waals surface area contributed by atoms with Crippen molar-refractivity contribution in [1.82, 2.24) is 0 Å². The van der Waals surface area contributed by atoms with E-state index >= 15 is 0 Å². The van der Waals surface area contributed by atoms with Crippen molar-refractivity contribution in [3.63, 3.8) is 0 Å². The maximum absolute atomic E-state index is 12.8. The molecule has 4 saturated carbocycles. The van der Waals surface area contributed by atoms with Crippen LogP contribution in [-0.4, -0.2) is 97.2 Å². The van der Waals surface area contributed by atoms with E-state index in [1.165, 1.54) is 0 Å². The molecule has 12 unspecified atom stereocenters. The number of carboxylic acids is 2. The van der Waals surface area contributed by atoms with E-state index < -0.39 is 83.6 Å². The number of hydrogen-bond acceptors (Lipinski definition) is 9. The van der Waals surface area contributed by atoms with Gasteiger partial charge in [-0.05, 0) is 67.3 Å². The molecular formula is C26H38O11. The third kappa shape index (κ3) is 3.58. The first-order chi connectivity index (χ1) is 17.3. The van der Waals surface area contributed by atoms with Crippen LogP contribution >= 0.6 is 0 Å². The Morgan fingerprint density at radius 2 is 1.65 bits per heavy atom. The number of fused-ring (bicyclic) bond motifs is 3. The molecule has 1 aliphatic heterocycles. The number of rotatable bonds is 5. The van der Waals surface area contributed by atoms with E-state index in [1.54, 1.807) is 0 Å². The van der Waals surface area contributed by atoms with Crippen LogP contribution in [0.1, 0.15) is 51.9 Å². The van der Waals surface area contributed by atoms with Crippen molar-refractivity contribution in [2.45, 2.75) is 94.8 Å².